The maximum absolute atomic E-state index is 12.1. The normalized spacial score (nSPS) is 11.2. The molecule has 19 heavy (non-hydrogen) atoms. The summed E-state index contributed by atoms with van der Waals surface area (Å²) in [7, 11) is 0. The second kappa shape index (κ2) is 4.91. The number of ether oxygens (including phenoxy) is 1. The zero-order chi connectivity index (χ0) is 14.2. The van der Waals surface area contributed by atoms with Crippen LogP contribution in [0.25, 0.3) is 10.9 Å². The second-order valence-corrected chi connectivity index (χ2v) is 4.76. The number of hydrogen-bond donors (Lipinski definition) is 1. The van der Waals surface area contributed by atoms with E-state index in [-0.39, 0.29) is 12.2 Å². The first-order valence-electron chi connectivity index (χ1n) is 6.33. The van der Waals surface area contributed by atoms with Crippen LogP contribution < -0.4 is 16.1 Å². The zero-order valence-corrected chi connectivity index (χ0v) is 11.6. The minimum Gasteiger partial charge on any atom is -0.447 e. The molecule has 0 radical (unpaired) electrons. The molecule has 0 bridgehead atoms. The van der Waals surface area contributed by atoms with E-state index in [1.807, 2.05) is 27.7 Å². The number of fused-ring (bicyclic) bond motifs is 1. The summed E-state index contributed by atoms with van der Waals surface area (Å²) in [6.07, 6.45) is 0.570. The lowest BCUT2D eigenvalue weighted by Gasteiger charge is -2.11. The van der Waals surface area contributed by atoms with Crippen molar-refractivity contribution in [2.45, 2.75) is 40.2 Å². The van der Waals surface area contributed by atoms with Crippen LogP contribution in [0.1, 0.15) is 31.9 Å². The second-order valence-electron chi connectivity index (χ2n) is 4.76. The lowest BCUT2D eigenvalue weighted by atomic mass is 10.0. The molecular weight excluding hydrogens is 244 g/mol. The zero-order valence-electron chi connectivity index (χ0n) is 11.6. The summed E-state index contributed by atoms with van der Waals surface area (Å²) in [4.78, 5) is 16.4. The molecule has 1 heterocycles. The molecule has 0 saturated carbocycles. The van der Waals surface area contributed by atoms with E-state index in [0.717, 1.165) is 11.1 Å². The number of aryl methyl sites for hydroxylation is 2. The molecule has 102 valence electrons. The van der Waals surface area contributed by atoms with Gasteiger partial charge in [0.15, 0.2) is 0 Å². The van der Waals surface area contributed by atoms with Gasteiger partial charge in [-0.25, -0.2) is 4.79 Å². The Labute approximate surface area is 111 Å². The summed E-state index contributed by atoms with van der Waals surface area (Å²) in [6, 6.07) is 1.80. The van der Waals surface area contributed by atoms with Crippen LogP contribution in [0.2, 0.25) is 0 Å². The molecule has 1 aromatic carbocycles. The highest BCUT2D eigenvalue weighted by Crippen LogP contribution is 2.26. The topological polar surface area (TPSA) is 78.3 Å². The van der Waals surface area contributed by atoms with Gasteiger partial charge in [0, 0.05) is 5.69 Å². The Bertz CT molecular complexity index is 674. The van der Waals surface area contributed by atoms with Gasteiger partial charge >= 0.3 is 11.7 Å². The number of anilines is 1. The number of aromatic nitrogens is 1. The van der Waals surface area contributed by atoms with Crippen LogP contribution in [-0.2, 0) is 6.42 Å². The third-order valence-electron chi connectivity index (χ3n) is 2.98. The molecule has 2 aromatic rings. The fraction of sp³-hybridized carbons (Fsp3) is 0.429. The molecule has 0 spiro atoms. The van der Waals surface area contributed by atoms with Crippen molar-refractivity contribution in [3.8, 4) is 6.08 Å². The third-order valence-corrected chi connectivity index (χ3v) is 2.98. The Morgan fingerprint density at radius 3 is 2.74 bits per heavy atom. The summed E-state index contributed by atoms with van der Waals surface area (Å²) < 4.78 is 10.5. The molecule has 0 fully saturated rings. The van der Waals surface area contributed by atoms with Crippen molar-refractivity contribution >= 4 is 16.6 Å². The lowest BCUT2D eigenvalue weighted by molar-refractivity contribution is 0.166. The Balaban J connectivity index is 2.80. The van der Waals surface area contributed by atoms with E-state index < -0.39 is 5.63 Å². The maximum atomic E-state index is 12.1. The van der Waals surface area contributed by atoms with Crippen LogP contribution in [0.3, 0.4) is 0 Å². The third kappa shape index (κ3) is 2.41. The van der Waals surface area contributed by atoms with E-state index >= 15 is 0 Å². The molecule has 2 rings (SSSR count). The number of hydrogen-bond acceptors (Lipinski definition) is 5. The lowest BCUT2D eigenvalue weighted by Crippen LogP contribution is -2.12. The Morgan fingerprint density at radius 1 is 1.47 bits per heavy atom. The smallest absolute Gasteiger partial charge is 0.397 e. The number of rotatable bonds is 3. The summed E-state index contributed by atoms with van der Waals surface area (Å²) >= 11 is 0. The molecular formula is C14H18N2O3. The number of benzene rings is 1. The number of nitrogens with two attached hydrogens (primary N) is 1. The van der Waals surface area contributed by atoms with Gasteiger partial charge in [0.2, 0.25) is 0 Å². The first kappa shape index (κ1) is 13.4. The number of nitrogen functional groups attached to an aromatic ring is 1. The van der Waals surface area contributed by atoms with Crippen LogP contribution >= 0.6 is 0 Å². The van der Waals surface area contributed by atoms with Gasteiger partial charge < -0.3 is 14.9 Å². The van der Waals surface area contributed by atoms with Gasteiger partial charge in [-0.05, 0) is 44.4 Å². The van der Waals surface area contributed by atoms with Crippen molar-refractivity contribution in [3.63, 3.8) is 0 Å². The van der Waals surface area contributed by atoms with Crippen molar-refractivity contribution in [2.75, 3.05) is 5.73 Å². The van der Waals surface area contributed by atoms with E-state index in [2.05, 4.69) is 4.98 Å². The van der Waals surface area contributed by atoms with Crippen LogP contribution in [0.4, 0.5) is 5.69 Å². The predicted molar refractivity (Wildman–Crippen MR) is 74.6 cm³/mol. The molecule has 0 aliphatic carbocycles. The van der Waals surface area contributed by atoms with Crippen molar-refractivity contribution in [2.24, 2.45) is 0 Å². The highest BCUT2D eigenvalue weighted by molar-refractivity contribution is 5.88. The Kier molecular flexibility index (Phi) is 3.46. The van der Waals surface area contributed by atoms with Crippen molar-refractivity contribution in [1.82, 2.24) is 4.98 Å². The summed E-state index contributed by atoms with van der Waals surface area (Å²) in [5, 5.41) is 0.491. The Morgan fingerprint density at radius 2 is 2.16 bits per heavy atom. The quantitative estimate of drug-likeness (QED) is 0.859. The molecule has 0 aliphatic rings. The van der Waals surface area contributed by atoms with Crippen molar-refractivity contribution < 1.29 is 9.15 Å². The molecule has 2 N–H and O–H groups in total. The van der Waals surface area contributed by atoms with Crippen LogP contribution in [0, 0.1) is 6.92 Å². The summed E-state index contributed by atoms with van der Waals surface area (Å²) in [5.74, 6) is 0. The average Bonchev–Trinajstić information content (AvgIpc) is 2.33. The molecule has 5 nitrogen and oxygen atoms in total. The monoisotopic (exact) mass is 262 g/mol. The SMILES string of the molecule is CCc1cc(N)c(C)c2nc(OC(C)C)oc(=O)c12. The number of nitrogens with zero attached hydrogens (tertiary/aromatic N) is 1. The van der Waals surface area contributed by atoms with E-state index in [4.69, 9.17) is 14.9 Å². The van der Waals surface area contributed by atoms with Gasteiger partial charge in [-0.3, -0.25) is 0 Å². The van der Waals surface area contributed by atoms with E-state index in [1.54, 1.807) is 6.07 Å². The highest BCUT2D eigenvalue weighted by Gasteiger charge is 2.15. The fourth-order valence-corrected chi connectivity index (χ4v) is 1.99. The molecule has 0 aliphatic heterocycles. The van der Waals surface area contributed by atoms with Gasteiger partial charge in [-0.15, -0.1) is 0 Å². The van der Waals surface area contributed by atoms with E-state index in [1.165, 1.54) is 0 Å². The van der Waals surface area contributed by atoms with Crippen LogP contribution in [0.5, 0.6) is 6.08 Å². The molecule has 0 atom stereocenters. The molecule has 1 aromatic heterocycles. The van der Waals surface area contributed by atoms with Gasteiger partial charge in [0.25, 0.3) is 0 Å². The van der Waals surface area contributed by atoms with Gasteiger partial charge in [0.1, 0.15) is 0 Å². The fourth-order valence-electron chi connectivity index (χ4n) is 1.99. The largest absolute Gasteiger partial charge is 0.447 e. The minimum absolute atomic E-state index is 0.0109. The highest BCUT2D eigenvalue weighted by atomic mass is 16.6. The van der Waals surface area contributed by atoms with E-state index in [0.29, 0.717) is 23.0 Å². The predicted octanol–water partition coefficient (Wildman–Crippen LogP) is 2.43. The van der Waals surface area contributed by atoms with Crippen LogP contribution in [0.15, 0.2) is 15.3 Å². The maximum Gasteiger partial charge on any atom is 0.397 e. The van der Waals surface area contributed by atoms with Crippen LogP contribution in [-0.4, -0.2) is 11.1 Å². The average molecular weight is 262 g/mol. The summed E-state index contributed by atoms with van der Waals surface area (Å²) in [6.45, 7) is 7.48. The van der Waals surface area contributed by atoms with Crippen molar-refractivity contribution in [1.29, 1.82) is 0 Å². The van der Waals surface area contributed by atoms with E-state index in [9.17, 15) is 4.79 Å². The molecule has 0 amide bonds. The van der Waals surface area contributed by atoms with Crippen molar-refractivity contribution in [3.05, 3.63) is 27.6 Å². The standard InChI is InChI=1S/C14H18N2O3/c1-5-9-6-10(15)8(4)12-11(9)13(17)19-14(16-12)18-7(2)3/h6-7H,5,15H2,1-4H3. The van der Waals surface area contributed by atoms with Gasteiger partial charge in [-0.2, -0.15) is 4.98 Å². The first-order chi connectivity index (χ1) is 8.93. The van der Waals surface area contributed by atoms with Gasteiger partial charge in [0.05, 0.1) is 17.0 Å². The minimum atomic E-state index is -0.430. The molecule has 0 unspecified atom stereocenters. The molecule has 0 saturated heterocycles. The molecule has 5 heteroatoms. The Hall–Kier alpha value is -2.04. The first-order valence-corrected chi connectivity index (χ1v) is 6.33. The summed E-state index contributed by atoms with van der Waals surface area (Å²) in [5.41, 5.74) is 8.32. The van der Waals surface area contributed by atoms with Gasteiger partial charge in [-0.1, -0.05) is 6.92 Å².